The molecule has 0 aliphatic rings. The Morgan fingerprint density at radius 3 is 2.59 bits per heavy atom. The molecule has 0 saturated carbocycles. The van der Waals surface area contributed by atoms with Gasteiger partial charge in [0.1, 0.15) is 11.6 Å². The van der Waals surface area contributed by atoms with E-state index in [2.05, 4.69) is 27.9 Å². The highest BCUT2D eigenvalue weighted by atomic mass is 127. The van der Waals surface area contributed by atoms with Gasteiger partial charge in [-0.3, -0.25) is 4.79 Å². The molecule has 1 N–H and O–H groups in total. The van der Waals surface area contributed by atoms with E-state index in [1.165, 1.54) is 19.3 Å². The SMILES string of the molecule is CCOc1cc(/C=C(\C#N)C(=O)Nc2ccccc2C(=O)OC)cc(I)c1OC. The maximum Gasteiger partial charge on any atom is 0.339 e. The van der Waals surface area contributed by atoms with E-state index in [0.29, 0.717) is 23.7 Å². The quantitative estimate of drug-likeness (QED) is 0.264. The van der Waals surface area contributed by atoms with Gasteiger partial charge < -0.3 is 19.5 Å². The van der Waals surface area contributed by atoms with Crippen molar-refractivity contribution < 1.29 is 23.8 Å². The maximum absolute atomic E-state index is 12.6. The number of rotatable bonds is 7. The molecule has 0 aliphatic heterocycles. The van der Waals surface area contributed by atoms with Crippen LogP contribution in [0.25, 0.3) is 6.08 Å². The van der Waals surface area contributed by atoms with E-state index in [1.807, 2.05) is 13.0 Å². The van der Waals surface area contributed by atoms with Crippen molar-refractivity contribution in [1.29, 1.82) is 5.26 Å². The van der Waals surface area contributed by atoms with Crippen molar-refractivity contribution in [3.05, 3.63) is 56.7 Å². The van der Waals surface area contributed by atoms with Crippen LogP contribution in [-0.4, -0.2) is 32.7 Å². The molecule has 2 aromatic carbocycles. The van der Waals surface area contributed by atoms with Gasteiger partial charge in [0.25, 0.3) is 5.91 Å². The zero-order valence-electron chi connectivity index (χ0n) is 16.1. The molecule has 0 bridgehead atoms. The zero-order chi connectivity index (χ0) is 21.4. The first-order valence-corrected chi connectivity index (χ1v) is 9.63. The highest BCUT2D eigenvalue weighted by Crippen LogP contribution is 2.34. The van der Waals surface area contributed by atoms with E-state index in [4.69, 9.17) is 14.2 Å². The second-order valence-electron chi connectivity index (χ2n) is 5.63. The fourth-order valence-corrected chi connectivity index (χ4v) is 3.36. The molecule has 0 unspecified atom stereocenters. The molecule has 0 aromatic heterocycles. The Kier molecular flexibility index (Phi) is 8.03. The Balaban J connectivity index is 2.37. The first-order valence-electron chi connectivity index (χ1n) is 8.55. The number of benzene rings is 2. The first-order chi connectivity index (χ1) is 13.9. The van der Waals surface area contributed by atoms with Gasteiger partial charge in [0, 0.05) is 0 Å². The summed E-state index contributed by atoms with van der Waals surface area (Å²) in [4.78, 5) is 24.5. The third-order valence-corrected chi connectivity index (χ3v) is 4.59. The van der Waals surface area contributed by atoms with Gasteiger partial charge in [0.15, 0.2) is 11.5 Å². The van der Waals surface area contributed by atoms with Gasteiger partial charge in [-0.2, -0.15) is 5.26 Å². The molecule has 2 rings (SSSR count). The maximum atomic E-state index is 12.6. The van der Waals surface area contributed by atoms with Gasteiger partial charge in [-0.1, -0.05) is 12.1 Å². The second-order valence-corrected chi connectivity index (χ2v) is 6.79. The van der Waals surface area contributed by atoms with E-state index >= 15 is 0 Å². The number of halogens is 1. The van der Waals surface area contributed by atoms with Crippen molar-refractivity contribution in [2.75, 3.05) is 26.1 Å². The van der Waals surface area contributed by atoms with E-state index in [9.17, 15) is 14.9 Å². The largest absolute Gasteiger partial charge is 0.492 e. The number of anilines is 1. The minimum absolute atomic E-state index is 0.131. The Labute approximate surface area is 182 Å². The fourth-order valence-electron chi connectivity index (χ4n) is 2.52. The number of para-hydroxylation sites is 1. The normalized spacial score (nSPS) is 10.7. The highest BCUT2D eigenvalue weighted by Gasteiger charge is 2.17. The van der Waals surface area contributed by atoms with Crippen LogP contribution in [0.1, 0.15) is 22.8 Å². The van der Waals surface area contributed by atoms with Crippen LogP contribution in [0.3, 0.4) is 0 Å². The van der Waals surface area contributed by atoms with Crippen molar-refractivity contribution in [2.45, 2.75) is 6.92 Å². The van der Waals surface area contributed by atoms with E-state index < -0.39 is 11.9 Å². The molecule has 0 heterocycles. The molecule has 0 saturated heterocycles. The number of carbonyl (C=O) groups excluding carboxylic acids is 2. The molecule has 8 heteroatoms. The average Bonchev–Trinajstić information content (AvgIpc) is 2.72. The van der Waals surface area contributed by atoms with Gasteiger partial charge in [-0.15, -0.1) is 0 Å². The Morgan fingerprint density at radius 2 is 1.97 bits per heavy atom. The summed E-state index contributed by atoms with van der Waals surface area (Å²) in [6.45, 7) is 2.29. The monoisotopic (exact) mass is 506 g/mol. The third kappa shape index (κ3) is 5.48. The molecule has 29 heavy (non-hydrogen) atoms. The number of nitriles is 1. The number of carbonyl (C=O) groups is 2. The summed E-state index contributed by atoms with van der Waals surface area (Å²) >= 11 is 2.09. The number of nitrogens with zero attached hydrogens (tertiary/aromatic N) is 1. The molecular formula is C21H19IN2O5. The molecule has 0 atom stereocenters. The van der Waals surface area contributed by atoms with E-state index in [0.717, 1.165) is 3.57 Å². The zero-order valence-corrected chi connectivity index (χ0v) is 18.3. The van der Waals surface area contributed by atoms with Crippen molar-refractivity contribution in [3.63, 3.8) is 0 Å². The van der Waals surface area contributed by atoms with Crippen molar-refractivity contribution in [1.82, 2.24) is 0 Å². The average molecular weight is 506 g/mol. The van der Waals surface area contributed by atoms with Crippen molar-refractivity contribution in [3.8, 4) is 17.6 Å². The van der Waals surface area contributed by atoms with Crippen LogP contribution in [-0.2, 0) is 9.53 Å². The molecule has 1 amide bonds. The number of esters is 1. The third-order valence-electron chi connectivity index (χ3n) is 3.79. The minimum Gasteiger partial charge on any atom is -0.492 e. The highest BCUT2D eigenvalue weighted by molar-refractivity contribution is 14.1. The van der Waals surface area contributed by atoms with Gasteiger partial charge in [-0.25, -0.2) is 4.79 Å². The van der Waals surface area contributed by atoms with Crippen molar-refractivity contribution >= 4 is 46.2 Å². The summed E-state index contributed by atoms with van der Waals surface area (Å²) in [5.41, 5.74) is 0.919. The van der Waals surface area contributed by atoms with Gasteiger partial charge >= 0.3 is 5.97 Å². The van der Waals surface area contributed by atoms with Crippen molar-refractivity contribution in [2.24, 2.45) is 0 Å². The number of nitrogens with one attached hydrogen (secondary N) is 1. The first kappa shape index (κ1) is 22.2. The number of amides is 1. The summed E-state index contributed by atoms with van der Waals surface area (Å²) in [7, 11) is 2.80. The molecule has 150 valence electrons. The number of hydrogen-bond acceptors (Lipinski definition) is 6. The summed E-state index contributed by atoms with van der Waals surface area (Å²) in [5.74, 6) is -0.136. The van der Waals surface area contributed by atoms with Crippen LogP contribution in [0.15, 0.2) is 42.0 Å². The standard InChI is InChI=1S/C21H19IN2O5/c1-4-29-18-11-13(10-16(22)19(18)27-2)9-14(12-23)20(25)24-17-8-6-5-7-15(17)21(26)28-3/h5-11H,4H2,1-3H3,(H,24,25)/b14-9+. The minimum atomic E-state index is -0.646. The Bertz CT molecular complexity index is 995. The fraction of sp³-hybridized carbons (Fsp3) is 0.190. The lowest BCUT2D eigenvalue weighted by molar-refractivity contribution is -0.112. The van der Waals surface area contributed by atoms with Crippen LogP contribution in [0, 0.1) is 14.9 Å². The van der Waals surface area contributed by atoms with Crippen LogP contribution < -0.4 is 14.8 Å². The molecule has 2 aromatic rings. The van der Waals surface area contributed by atoms with Crippen LogP contribution in [0.2, 0.25) is 0 Å². The molecule has 0 radical (unpaired) electrons. The number of ether oxygens (including phenoxy) is 3. The summed E-state index contributed by atoms with van der Waals surface area (Å²) in [5, 5.41) is 12.1. The van der Waals surface area contributed by atoms with Gasteiger partial charge in [0.05, 0.1) is 35.6 Å². The lowest BCUT2D eigenvalue weighted by atomic mass is 10.1. The van der Waals surface area contributed by atoms with Crippen LogP contribution in [0.5, 0.6) is 11.5 Å². The summed E-state index contributed by atoms with van der Waals surface area (Å²) < 4.78 is 16.4. The second kappa shape index (κ2) is 10.5. The molecule has 0 spiro atoms. The summed E-state index contributed by atoms with van der Waals surface area (Å²) in [6.07, 6.45) is 1.44. The van der Waals surface area contributed by atoms with Crippen LogP contribution >= 0.6 is 22.6 Å². The van der Waals surface area contributed by atoms with Crippen LogP contribution in [0.4, 0.5) is 5.69 Å². The van der Waals surface area contributed by atoms with Gasteiger partial charge in [0.2, 0.25) is 0 Å². The lowest BCUT2D eigenvalue weighted by Crippen LogP contribution is -2.16. The van der Waals surface area contributed by atoms with Gasteiger partial charge in [-0.05, 0) is 65.4 Å². The predicted octanol–water partition coefficient (Wildman–Crippen LogP) is 4.03. The topological polar surface area (TPSA) is 97.7 Å². The molecule has 0 fully saturated rings. The lowest BCUT2D eigenvalue weighted by Gasteiger charge is -2.12. The number of hydrogen-bond donors (Lipinski definition) is 1. The number of methoxy groups -OCH3 is 2. The van der Waals surface area contributed by atoms with E-state index in [1.54, 1.807) is 37.4 Å². The summed E-state index contributed by atoms with van der Waals surface area (Å²) in [6, 6.07) is 11.8. The Morgan fingerprint density at radius 1 is 1.24 bits per heavy atom. The molecular weight excluding hydrogens is 487 g/mol. The molecule has 7 nitrogen and oxygen atoms in total. The Hall–Kier alpha value is -3.06. The smallest absolute Gasteiger partial charge is 0.339 e. The predicted molar refractivity (Wildman–Crippen MR) is 117 cm³/mol. The van der Waals surface area contributed by atoms with E-state index in [-0.39, 0.29) is 16.8 Å². The molecule has 0 aliphatic carbocycles.